The van der Waals surface area contributed by atoms with Gasteiger partial charge in [-0.2, -0.15) is 0 Å². The zero-order chi connectivity index (χ0) is 16.7. The van der Waals surface area contributed by atoms with Crippen LogP contribution in [0.25, 0.3) is 0 Å². The first kappa shape index (κ1) is 17.7. The molecule has 0 spiro atoms. The fourth-order valence-corrected chi connectivity index (χ4v) is 2.76. The molecular formula is C18H29N3O2. The third-order valence-corrected chi connectivity index (χ3v) is 3.92. The lowest BCUT2D eigenvalue weighted by atomic mass is 10.1. The Morgan fingerprint density at radius 2 is 2.17 bits per heavy atom. The van der Waals surface area contributed by atoms with E-state index in [4.69, 9.17) is 4.74 Å². The van der Waals surface area contributed by atoms with Crippen LogP contribution < -0.4 is 5.32 Å². The van der Waals surface area contributed by atoms with Gasteiger partial charge >= 0.3 is 6.09 Å². The van der Waals surface area contributed by atoms with Crippen LogP contribution in [0.5, 0.6) is 0 Å². The Morgan fingerprint density at radius 1 is 1.35 bits per heavy atom. The standard InChI is InChI=1S/C18H29N3O2/c1-18(2,3)23-17(22)21-13-6-8-16(10-14-21)20-12-9-15-7-4-5-11-19-15/h4-5,7,11,16,20H,6,8-10,12-14H2,1-3H3. The van der Waals surface area contributed by atoms with E-state index in [9.17, 15) is 4.79 Å². The number of hydrogen-bond donors (Lipinski definition) is 1. The van der Waals surface area contributed by atoms with E-state index in [1.165, 1.54) is 0 Å². The Morgan fingerprint density at radius 3 is 2.87 bits per heavy atom. The van der Waals surface area contributed by atoms with Crippen molar-refractivity contribution in [2.45, 2.75) is 58.1 Å². The molecule has 2 rings (SSSR count). The fourth-order valence-electron chi connectivity index (χ4n) is 2.76. The predicted octanol–water partition coefficient (Wildman–Crippen LogP) is 3.00. The van der Waals surface area contributed by atoms with Crippen molar-refractivity contribution in [3.8, 4) is 0 Å². The Balaban J connectivity index is 1.72. The normalized spacial score (nSPS) is 19.3. The molecule has 5 heteroatoms. The number of nitrogens with one attached hydrogen (secondary N) is 1. The summed E-state index contributed by atoms with van der Waals surface area (Å²) in [6, 6.07) is 6.48. The maximum Gasteiger partial charge on any atom is 0.410 e. The minimum atomic E-state index is -0.427. The molecule has 2 heterocycles. The Hall–Kier alpha value is -1.62. The van der Waals surface area contributed by atoms with E-state index in [-0.39, 0.29) is 6.09 Å². The van der Waals surface area contributed by atoms with Crippen LogP contribution in [0.4, 0.5) is 4.79 Å². The number of nitrogens with zero attached hydrogens (tertiary/aromatic N) is 2. The number of amides is 1. The highest BCUT2D eigenvalue weighted by Gasteiger charge is 2.24. The molecule has 1 aromatic rings. The van der Waals surface area contributed by atoms with Crippen LogP contribution in [-0.4, -0.2) is 47.3 Å². The van der Waals surface area contributed by atoms with E-state index in [2.05, 4.69) is 16.4 Å². The summed E-state index contributed by atoms with van der Waals surface area (Å²) >= 11 is 0. The second-order valence-corrected chi connectivity index (χ2v) is 7.12. The van der Waals surface area contributed by atoms with Gasteiger partial charge in [0.2, 0.25) is 0 Å². The van der Waals surface area contributed by atoms with Crippen molar-refractivity contribution in [3.63, 3.8) is 0 Å². The number of pyridine rings is 1. The molecule has 1 aromatic heterocycles. The molecule has 5 nitrogen and oxygen atoms in total. The summed E-state index contributed by atoms with van der Waals surface area (Å²) in [5, 5.41) is 3.60. The van der Waals surface area contributed by atoms with Gasteiger partial charge in [-0.05, 0) is 52.2 Å². The minimum absolute atomic E-state index is 0.188. The van der Waals surface area contributed by atoms with Crippen molar-refractivity contribution in [2.24, 2.45) is 0 Å². The fraction of sp³-hybridized carbons (Fsp3) is 0.667. The smallest absolute Gasteiger partial charge is 0.410 e. The van der Waals surface area contributed by atoms with Crippen LogP contribution in [-0.2, 0) is 11.2 Å². The lowest BCUT2D eigenvalue weighted by Crippen LogP contribution is -2.38. The van der Waals surface area contributed by atoms with Crippen molar-refractivity contribution in [3.05, 3.63) is 30.1 Å². The molecule has 1 amide bonds. The predicted molar refractivity (Wildman–Crippen MR) is 91.4 cm³/mol. The van der Waals surface area contributed by atoms with Crippen LogP contribution in [0.3, 0.4) is 0 Å². The van der Waals surface area contributed by atoms with E-state index in [1.807, 2.05) is 44.0 Å². The highest BCUT2D eigenvalue weighted by molar-refractivity contribution is 5.68. The van der Waals surface area contributed by atoms with E-state index in [1.54, 1.807) is 0 Å². The molecule has 0 saturated carbocycles. The SMILES string of the molecule is CC(C)(C)OC(=O)N1CCCC(NCCc2ccccn2)CC1. The zero-order valence-electron chi connectivity index (χ0n) is 14.5. The topological polar surface area (TPSA) is 54.5 Å². The van der Waals surface area contributed by atoms with E-state index in [0.717, 1.165) is 51.0 Å². The van der Waals surface area contributed by atoms with Gasteiger partial charge in [0, 0.05) is 44.0 Å². The minimum Gasteiger partial charge on any atom is -0.444 e. The highest BCUT2D eigenvalue weighted by atomic mass is 16.6. The summed E-state index contributed by atoms with van der Waals surface area (Å²) in [5.74, 6) is 0. The molecular weight excluding hydrogens is 290 g/mol. The molecule has 0 aliphatic carbocycles. The lowest BCUT2D eigenvalue weighted by molar-refractivity contribution is 0.0256. The third kappa shape index (κ3) is 6.57. The molecule has 1 saturated heterocycles. The van der Waals surface area contributed by atoms with E-state index in [0.29, 0.717) is 6.04 Å². The maximum atomic E-state index is 12.1. The molecule has 1 N–H and O–H groups in total. The molecule has 0 aromatic carbocycles. The number of rotatable bonds is 4. The van der Waals surface area contributed by atoms with Gasteiger partial charge < -0.3 is 15.0 Å². The van der Waals surface area contributed by atoms with Crippen LogP contribution in [0, 0.1) is 0 Å². The molecule has 1 unspecified atom stereocenters. The first-order valence-electron chi connectivity index (χ1n) is 8.55. The van der Waals surface area contributed by atoms with Crippen LogP contribution >= 0.6 is 0 Å². The highest BCUT2D eigenvalue weighted by Crippen LogP contribution is 2.15. The average molecular weight is 319 g/mol. The molecule has 128 valence electrons. The van der Waals surface area contributed by atoms with Crippen molar-refractivity contribution < 1.29 is 9.53 Å². The summed E-state index contributed by atoms with van der Waals surface area (Å²) in [6.07, 6.45) is 5.67. The van der Waals surface area contributed by atoms with Gasteiger partial charge in [0.25, 0.3) is 0 Å². The largest absolute Gasteiger partial charge is 0.444 e. The third-order valence-electron chi connectivity index (χ3n) is 3.92. The number of hydrogen-bond acceptors (Lipinski definition) is 4. The number of carbonyl (C=O) groups is 1. The molecule has 0 radical (unpaired) electrons. The van der Waals surface area contributed by atoms with Crippen molar-refractivity contribution >= 4 is 6.09 Å². The van der Waals surface area contributed by atoms with Gasteiger partial charge in [0.15, 0.2) is 0 Å². The molecule has 1 aliphatic rings. The Labute approximate surface area is 139 Å². The summed E-state index contributed by atoms with van der Waals surface area (Å²) in [6.45, 7) is 8.19. The Kier molecular flexibility index (Phi) is 6.39. The van der Waals surface area contributed by atoms with Crippen LogP contribution in [0.15, 0.2) is 24.4 Å². The first-order chi connectivity index (χ1) is 10.9. The second-order valence-electron chi connectivity index (χ2n) is 7.12. The number of likely N-dealkylation sites (tertiary alicyclic amines) is 1. The number of carbonyl (C=O) groups excluding carboxylic acids is 1. The van der Waals surface area contributed by atoms with Crippen molar-refractivity contribution in [1.29, 1.82) is 0 Å². The second kappa shape index (κ2) is 8.29. The summed E-state index contributed by atoms with van der Waals surface area (Å²) in [5.41, 5.74) is 0.688. The first-order valence-corrected chi connectivity index (χ1v) is 8.55. The van der Waals surface area contributed by atoms with Crippen molar-refractivity contribution in [1.82, 2.24) is 15.2 Å². The van der Waals surface area contributed by atoms with Crippen LogP contribution in [0.2, 0.25) is 0 Å². The quantitative estimate of drug-likeness (QED) is 0.927. The van der Waals surface area contributed by atoms with E-state index >= 15 is 0 Å². The summed E-state index contributed by atoms with van der Waals surface area (Å²) in [4.78, 5) is 18.3. The maximum absolute atomic E-state index is 12.1. The number of ether oxygens (including phenoxy) is 1. The molecule has 1 atom stereocenters. The zero-order valence-corrected chi connectivity index (χ0v) is 14.5. The lowest BCUT2D eigenvalue weighted by Gasteiger charge is -2.26. The van der Waals surface area contributed by atoms with Gasteiger partial charge in [0.1, 0.15) is 5.60 Å². The van der Waals surface area contributed by atoms with Gasteiger partial charge in [-0.3, -0.25) is 4.98 Å². The molecule has 1 fully saturated rings. The average Bonchev–Trinajstić information content (AvgIpc) is 2.72. The van der Waals surface area contributed by atoms with Gasteiger partial charge in [-0.1, -0.05) is 6.07 Å². The van der Waals surface area contributed by atoms with Gasteiger partial charge in [-0.15, -0.1) is 0 Å². The van der Waals surface area contributed by atoms with E-state index < -0.39 is 5.60 Å². The van der Waals surface area contributed by atoms with Crippen LogP contribution in [0.1, 0.15) is 45.7 Å². The molecule has 23 heavy (non-hydrogen) atoms. The summed E-state index contributed by atoms with van der Waals surface area (Å²) < 4.78 is 5.47. The van der Waals surface area contributed by atoms with Gasteiger partial charge in [0.05, 0.1) is 0 Å². The van der Waals surface area contributed by atoms with Crippen molar-refractivity contribution in [2.75, 3.05) is 19.6 Å². The summed E-state index contributed by atoms with van der Waals surface area (Å²) in [7, 11) is 0. The number of aromatic nitrogens is 1. The molecule has 0 bridgehead atoms. The monoisotopic (exact) mass is 319 g/mol. The molecule has 1 aliphatic heterocycles. The van der Waals surface area contributed by atoms with Gasteiger partial charge in [-0.25, -0.2) is 4.79 Å². The Bertz CT molecular complexity index is 485.